The number of amides is 2. The van der Waals surface area contributed by atoms with Crippen molar-refractivity contribution < 1.29 is 19.5 Å². The highest BCUT2D eigenvalue weighted by Gasteiger charge is 2.25. The maximum absolute atomic E-state index is 14.0. The van der Waals surface area contributed by atoms with Gasteiger partial charge in [-0.3, -0.25) is 14.4 Å². The third kappa shape index (κ3) is 7.27. The van der Waals surface area contributed by atoms with Crippen LogP contribution in [0.2, 0.25) is 10.0 Å². The number of carboxylic acids is 1. The van der Waals surface area contributed by atoms with Gasteiger partial charge in [0.15, 0.2) is 0 Å². The van der Waals surface area contributed by atoms with Crippen LogP contribution in [0.25, 0.3) is 11.1 Å². The van der Waals surface area contributed by atoms with Gasteiger partial charge in [0, 0.05) is 34.3 Å². The topological polar surface area (TPSA) is 86.7 Å². The van der Waals surface area contributed by atoms with Crippen LogP contribution in [-0.2, 0) is 17.6 Å². The van der Waals surface area contributed by atoms with E-state index in [4.69, 9.17) is 23.2 Å². The highest BCUT2D eigenvalue weighted by Crippen LogP contribution is 2.32. The SMILES string of the molecule is O=C(O)CCN(CCc1ccc(Cl)cc1Cl)C(=O)c1ccccc1-c1ccccc1C(=O)NC1CCCc2ccccc21. The highest BCUT2D eigenvalue weighted by atomic mass is 35.5. The molecule has 0 aliphatic heterocycles. The second-order valence-corrected chi connectivity index (χ2v) is 11.5. The molecule has 8 heteroatoms. The minimum Gasteiger partial charge on any atom is -0.481 e. The number of aliphatic carboxylic acids is 1. The van der Waals surface area contributed by atoms with Crippen LogP contribution in [0.15, 0.2) is 91.0 Å². The molecule has 5 rings (SSSR count). The number of halogens is 2. The van der Waals surface area contributed by atoms with E-state index in [0.29, 0.717) is 38.7 Å². The van der Waals surface area contributed by atoms with E-state index in [9.17, 15) is 19.5 Å². The van der Waals surface area contributed by atoms with Crippen molar-refractivity contribution in [3.05, 3.63) is 129 Å². The zero-order valence-electron chi connectivity index (χ0n) is 23.6. The van der Waals surface area contributed by atoms with Crippen LogP contribution < -0.4 is 5.32 Å². The lowest BCUT2D eigenvalue weighted by atomic mass is 9.87. The van der Waals surface area contributed by atoms with Gasteiger partial charge in [-0.1, -0.05) is 89.9 Å². The van der Waals surface area contributed by atoms with E-state index in [1.54, 1.807) is 36.4 Å². The molecule has 0 aromatic heterocycles. The molecule has 1 atom stereocenters. The minimum absolute atomic E-state index is 0.0247. The van der Waals surface area contributed by atoms with Gasteiger partial charge in [0.1, 0.15) is 0 Å². The fraction of sp³-hybridized carbons (Fsp3) is 0.229. The van der Waals surface area contributed by atoms with Crippen LogP contribution >= 0.6 is 23.2 Å². The molecule has 6 nitrogen and oxygen atoms in total. The molecular formula is C35H32Cl2N2O4. The monoisotopic (exact) mass is 614 g/mol. The predicted molar refractivity (Wildman–Crippen MR) is 170 cm³/mol. The van der Waals surface area contributed by atoms with Crippen molar-refractivity contribution in [3.63, 3.8) is 0 Å². The second kappa shape index (κ2) is 13.9. The smallest absolute Gasteiger partial charge is 0.305 e. The molecule has 1 aliphatic rings. The van der Waals surface area contributed by atoms with Crippen molar-refractivity contribution in [1.29, 1.82) is 0 Å². The van der Waals surface area contributed by atoms with Crippen molar-refractivity contribution >= 4 is 41.0 Å². The molecule has 0 bridgehead atoms. The zero-order chi connectivity index (χ0) is 30.3. The van der Waals surface area contributed by atoms with Crippen LogP contribution in [-0.4, -0.2) is 40.9 Å². The molecule has 43 heavy (non-hydrogen) atoms. The molecule has 2 N–H and O–H groups in total. The molecule has 0 spiro atoms. The Hall–Kier alpha value is -4.13. The molecule has 4 aromatic rings. The molecular weight excluding hydrogens is 583 g/mol. The molecule has 0 radical (unpaired) electrons. The number of hydrogen-bond donors (Lipinski definition) is 2. The average Bonchev–Trinajstić information content (AvgIpc) is 3.01. The van der Waals surface area contributed by atoms with E-state index in [0.717, 1.165) is 30.4 Å². The number of fused-ring (bicyclic) bond motifs is 1. The first kappa shape index (κ1) is 30.3. The molecule has 0 fully saturated rings. The molecule has 2 amide bonds. The van der Waals surface area contributed by atoms with E-state index in [1.807, 2.05) is 42.5 Å². The van der Waals surface area contributed by atoms with Crippen molar-refractivity contribution in [2.45, 2.75) is 38.1 Å². The number of carboxylic acid groups (broad SMARTS) is 1. The Bertz CT molecular complexity index is 1650. The Morgan fingerprint density at radius 1 is 0.837 bits per heavy atom. The van der Waals surface area contributed by atoms with Crippen LogP contribution in [0.5, 0.6) is 0 Å². The molecule has 0 saturated carbocycles. The van der Waals surface area contributed by atoms with E-state index in [2.05, 4.69) is 17.4 Å². The minimum atomic E-state index is -0.998. The summed E-state index contributed by atoms with van der Waals surface area (Å²) in [4.78, 5) is 40.7. The van der Waals surface area contributed by atoms with E-state index in [1.165, 1.54) is 10.5 Å². The Morgan fingerprint density at radius 3 is 2.26 bits per heavy atom. The highest BCUT2D eigenvalue weighted by molar-refractivity contribution is 6.35. The summed E-state index contributed by atoms with van der Waals surface area (Å²) in [6.07, 6.45) is 3.07. The lowest BCUT2D eigenvalue weighted by Gasteiger charge is -2.27. The van der Waals surface area contributed by atoms with Gasteiger partial charge in [-0.2, -0.15) is 0 Å². The number of benzene rings is 4. The lowest BCUT2D eigenvalue weighted by molar-refractivity contribution is -0.137. The first-order chi connectivity index (χ1) is 20.8. The van der Waals surface area contributed by atoms with Crippen LogP contribution in [0.3, 0.4) is 0 Å². The molecule has 0 saturated heterocycles. The van der Waals surface area contributed by atoms with E-state index < -0.39 is 5.97 Å². The van der Waals surface area contributed by atoms with Crippen LogP contribution in [0.4, 0.5) is 0 Å². The van der Waals surface area contributed by atoms with Gasteiger partial charge in [-0.25, -0.2) is 0 Å². The van der Waals surface area contributed by atoms with Gasteiger partial charge >= 0.3 is 5.97 Å². The summed E-state index contributed by atoms with van der Waals surface area (Å²) in [5, 5.41) is 13.6. The van der Waals surface area contributed by atoms with Crippen molar-refractivity contribution in [1.82, 2.24) is 10.2 Å². The molecule has 1 aliphatic carbocycles. The van der Waals surface area contributed by atoms with Gasteiger partial charge in [-0.05, 0) is 77.8 Å². The van der Waals surface area contributed by atoms with Crippen molar-refractivity contribution in [2.75, 3.05) is 13.1 Å². The Morgan fingerprint density at radius 2 is 1.51 bits per heavy atom. The number of nitrogens with one attached hydrogen (secondary N) is 1. The Kier molecular flexibility index (Phi) is 9.80. The second-order valence-electron chi connectivity index (χ2n) is 10.6. The lowest BCUT2D eigenvalue weighted by Crippen LogP contribution is -2.35. The van der Waals surface area contributed by atoms with Gasteiger partial charge in [0.2, 0.25) is 0 Å². The number of nitrogens with zero attached hydrogens (tertiary/aromatic N) is 1. The van der Waals surface area contributed by atoms with Crippen LogP contribution in [0.1, 0.15) is 62.7 Å². The number of carbonyl (C=O) groups excluding carboxylic acids is 2. The summed E-state index contributed by atoms with van der Waals surface area (Å²) in [7, 11) is 0. The fourth-order valence-electron chi connectivity index (χ4n) is 5.66. The first-order valence-electron chi connectivity index (χ1n) is 14.3. The molecule has 1 unspecified atom stereocenters. The summed E-state index contributed by atoms with van der Waals surface area (Å²) < 4.78 is 0. The Labute approximate surface area is 261 Å². The first-order valence-corrected chi connectivity index (χ1v) is 15.1. The number of rotatable bonds is 10. The largest absolute Gasteiger partial charge is 0.481 e. The van der Waals surface area contributed by atoms with Crippen molar-refractivity contribution in [3.8, 4) is 11.1 Å². The van der Waals surface area contributed by atoms with E-state index >= 15 is 0 Å². The quantitative estimate of drug-likeness (QED) is 0.192. The molecule has 220 valence electrons. The third-order valence-electron chi connectivity index (χ3n) is 7.84. The van der Waals surface area contributed by atoms with Gasteiger partial charge < -0.3 is 15.3 Å². The predicted octanol–water partition coefficient (Wildman–Crippen LogP) is 7.63. The number of hydrogen-bond acceptors (Lipinski definition) is 3. The van der Waals surface area contributed by atoms with E-state index in [-0.39, 0.29) is 37.4 Å². The number of aryl methyl sites for hydroxylation is 1. The maximum atomic E-state index is 14.0. The maximum Gasteiger partial charge on any atom is 0.305 e. The summed E-state index contributed by atoms with van der Waals surface area (Å²) in [6, 6.07) is 27.7. The summed E-state index contributed by atoms with van der Waals surface area (Å²) in [6.45, 7) is 0.280. The van der Waals surface area contributed by atoms with Gasteiger partial charge in [0.25, 0.3) is 11.8 Å². The number of carbonyl (C=O) groups is 3. The summed E-state index contributed by atoms with van der Waals surface area (Å²) >= 11 is 12.4. The summed E-state index contributed by atoms with van der Waals surface area (Å²) in [5.74, 6) is -1.53. The fourth-order valence-corrected chi connectivity index (χ4v) is 6.16. The standard InChI is InChI=1S/C35H32Cl2N2O4/c36-25-17-16-24(31(37)22-25)18-20-39(21-19-33(40)41)35(43)30-14-6-4-12-28(30)27-11-3-5-13-29(27)34(42)38-32-15-7-9-23-8-1-2-10-26(23)32/h1-6,8,10-14,16-17,22,32H,7,9,15,18-21H2,(H,38,42)(H,40,41). The van der Waals surface area contributed by atoms with Gasteiger partial charge in [-0.15, -0.1) is 0 Å². The average molecular weight is 616 g/mol. The normalized spacial score (nSPS) is 14.0. The third-order valence-corrected chi connectivity index (χ3v) is 8.43. The zero-order valence-corrected chi connectivity index (χ0v) is 25.1. The van der Waals surface area contributed by atoms with Gasteiger partial charge in [0.05, 0.1) is 12.5 Å². The molecule has 0 heterocycles. The van der Waals surface area contributed by atoms with Crippen molar-refractivity contribution in [2.24, 2.45) is 0 Å². The molecule has 4 aromatic carbocycles. The Balaban J connectivity index is 1.43. The van der Waals surface area contributed by atoms with Crippen LogP contribution in [0, 0.1) is 0 Å². The summed E-state index contributed by atoms with van der Waals surface area (Å²) in [5.41, 5.74) is 5.29.